The molecule has 0 fully saturated rings. The normalized spacial score (nSPS) is 15.1. The third kappa shape index (κ3) is 3.40. The van der Waals surface area contributed by atoms with E-state index in [4.69, 9.17) is 0 Å². The average molecular weight is 375 g/mol. The molecule has 0 amide bonds. The highest BCUT2D eigenvalue weighted by Crippen LogP contribution is 2.29. The standard InChI is InChI=1S/C18H13F4N5/c19-14-6-4-12(5-7-14)13-3-1-2-10-26(11-13)16-9-8-15-23-24-17(18(20,21)22)27(15)25-16/h2,4-11H,1,3H2. The van der Waals surface area contributed by atoms with Gasteiger partial charge in [0.15, 0.2) is 11.5 Å². The summed E-state index contributed by atoms with van der Waals surface area (Å²) in [6.07, 6.45) is 2.21. The van der Waals surface area contributed by atoms with E-state index in [-0.39, 0.29) is 17.3 Å². The summed E-state index contributed by atoms with van der Waals surface area (Å²) in [6, 6.07) is 9.07. The van der Waals surface area contributed by atoms with Gasteiger partial charge in [0.2, 0.25) is 0 Å². The first-order valence-electron chi connectivity index (χ1n) is 8.13. The van der Waals surface area contributed by atoms with Gasteiger partial charge in [0.05, 0.1) is 0 Å². The van der Waals surface area contributed by atoms with Crippen LogP contribution < -0.4 is 4.90 Å². The van der Waals surface area contributed by atoms with Crippen LogP contribution in [-0.4, -0.2) is 19.8 Å². The maximum Gasteiger partial charge on any atom is 0.453 e. The lowest BCUT2D eigenvalue weighted by Crippen LogP contribution is -2.15. The van der Waals surface area contributed by atoms with Crippen LogP contribution in [0.3, 0.4) is 0 Å². The highest BCUT2D eigenvalue weighted by atomic mass is 19.4. The number of benzene rings is 1. The molecule has 0 bridgehead atoms. The van der Waals surface area contributed by atoms with Crippen molar-refractivity contribution in [3.63, 3.8) is 0 Å². The zero-order valence-corrected chi connectivity index (χ0v) is 13.9. The molecule has 0 N–H and O–H groups in total. The average Bonchev–Trinajstić information content (AvgIpc) is 2.92. The van der Waals surface area contributed by atoms with Crippen molar-refractivity contribution >= 4 is 17.0 Å². The predicted molar refractivity (Wildman–Crippen MR) is 91.0 cm³/mol. The number of hydrogen-bond donors (Lipinski definition) is 0. The zero-order chi connectivity index (χ0) is 19.0. The molecule has 1 aliphatic heterocycles. The monoisotopic (exact) mass is 375 g/mol. The van der Waals surface area contributed by atoms with E-state index in [1.807, 2.05) is 6.08 Å². The van der Waals surface area contributed by atoms with Gasteiger partial charge in [0.25, 0.3) is 5.82 Å². The molecule has 0 spiro atoms. The number of aromatic nitrogens is 4. The second-order valence-electron chi connectivity index (χ2n) is 5.97. The summed E-state index contributed by atoms with van der Waals surface area (Å²) >= 11 is 0. The van der Waals surface area contributed by atoms with E-state index >= 15 is 0 Å². The van der Waals surface area contributed by atoms with Gasteiger partial charge in [-0.05, 0) is 48.2 Å². The molecule has 0 saturated carbocycles. The third-order valence-corrected chi connectivity index (χ3v) is 4.12. The fourth-order valence-electron chi connectivity index (χ4n) is 2.82. The summed E-state index contributed by atoms with van der Waals surface area (Å²) in [7, 11) is 0. The lowest BCUT2D eigenvalue weighted by Gasteiger charge is -2.16. The van der Waals surface area contributed by atoms with Gasteiger partial charge in [-0.2, -0.15) is 17.7 Å². The molecule has 0 unspecified atom stereocenters. The summed E-state index contributed by atoms with van der Waals surface area (Å²) in [5.41, 5.74) is 1.76. The number of nitrogens with zero attached hydrogens (tertiary/aromatic N) is 5. The van der Waals surface area contributed by atoms with Crippen LogP contribution in [0.25, 0.3) is 11.2 Å². The first-order chi connectivity index (χ1) is 12.9. The highest BCUT2D eigenvalue weighted by molar-refractivity contribution is 5.70. The van der Waals surface area contributed by atoms with Crippen molar-refractivity contribution in [3.8, 4) is 0 Å². The molecule has 0 atom stereocenters. The Bertz CT molecular complexity index is 1030. The fourth-order valence-corrected chi connectivity index (χ4v) is 2.82. The maximum absolute atomic E-state index is 13.2. The van der Waals surface area contributed by atoms with Gasteiger partial charge in [0.1, 0.15) is 5.82 Å². The van der Waals surface area contributed by atoms with Gasteiger partial charge >= 0.3 is 6.18 Å². The smallest absolute Gasteiger partial charge is 0.307 e. The molecule has 0 radical (unpaired) electrons. The number of anilines is 1. The number of rotatable bonds is 2. The Hall–Kier alpha value is -3.23. The summed E-state index contributed by atoms with van der Waals surface area (Å²) in [4.78, 5) is 1.63. The van der Waals surface area contributed by atoms with E-state index in [9.17, 15) is 17.6 Å². The second kappa shape index (κ2) is 6.49. The summed E-state index contributed by atoms with van der Waals surface area (Å²) in [5.74, 6) is -1.23. The number of allylic oxidation sites excluding steroid dienone is 2. The minimum absolute atomic E-state index is 0.00705. The van der Waals surface area contributed by atoms with Gasteiger partial charge in [-0.1, -0.05) is 18.2 Å². The quantitative estimate of drug-likeness (QED) is 0.622. The second-order valence-corrected chi connectivity index (χ2v) is 5.97. The number of alkyl halides is 3. The van der Waals surface area contributed by atoms with E-state index in [1.54, 1.807) is 35.5 Å². The molecule has 9 heteroatoms. The van der Waals surface area contributed by atoms with Crippen molar-refractivity contribution in [2.45, 2.75) is 19.0 Å². The topological polar surface area (TPSA) is 46.3 Å². The molecule has 27 heavy (non-hydrogen) atoms. The van der Waals surface area contributed by atoms with Crippen LogP contribution in [-0.2, 0) is 6.18 Å². The number of fused-ring (bicyclic) bond motifs is 1. The largest absolute Gasteiger partial charge is 0.453 e. The van der Waals surface area contributed by atoms with E-state index in [0.29, 0.717) is 10.9 Å². The molecule has 4 rings (SSSR count). The van der Waals surface area contributed by atoms with Crippen LogP contribution in [0, 0.1) is 5.82 Å². The Labute approximate surface area is 151 Å². The molecule has 0 saturated heterocycles. The van der Waals surface area contributed by atoms with Crippen LogP contribution in [0.15, 0.2) is 54.9 Å². The van der Waals surface area contributed by atoms with Crippen molar-refractivity contribution in [3.05, 3.63) is 72.1 Å². The summed E-state index contributed by atoms with van der Waals surface area (Å²) < 4.78 is 53.1. The lowest BCUT2D eigenvalue weighted by atomic mass is 10.0. The third-order valence-electron chi connectivity index (χ3n) is 4.12. The molecule has 0 aliphatic carbocycles. The van der Waals surface area contributed by atoms with Crippen LogP contribution in [0.5, 0.6) is 0 Å². The molecule has 138 valence electrons. The van der Waals surface area contributed by atoms with Crippen molar-refractivity contribution in [2.24, 2.45) is 0 Å². The van der Waals surface area contributed by atoms with Crippen LogP contribution in [0.1, 0.15) is 24.2 Å². The van der Waals surface area contributed by atoms with Gasteiger partial charge in [-0.25, -0.2) is 4.39 Å². The molecule has 1 aromatic carbocycles. The predicted octanol–water partition coefficient (Wildman–Crippen LogP) is 4.44. The van der Waals surface area contributed by atoms with E-state index in [1.165, 1.54) is 18.2 Å². The van der Waals surface area contributed by atoms with Crippen molar-refractivity contribution in [1.82, 2.24) is 19.8 Å². The summed E-state index contributed by atoms with van der Waals surface area (Å²) in [6.45, 7) is 0. The molecule has 5 nitrogen and oxygen atoms in total. The first-order valence-corrected chi connectivity index (χ1v) is 8.13. The Morgan fingerprint density at radius 3 is 2.48 bits per heavy atom. The molecule has 1 aliphatic rings. The molecule has 2 aromatic heterocycles. The maximum atomic E-state index is 13.2. The number of hydrogen-bond acceptors (Lipinski definition) is 4. The van der Waals surface area contributed by atoms with Gasteiger partial charge in [0, 0.05) is 12.4 Å². The fraction of sp³-hybridized carbons (Fsp3) is 0.167. The van der Waals surface area contributed by atoms with Crippen molar-refractivity contribution < 1.29 is 17.6 Å². The van der Waals surface area contributed by atoms with Crippen molar-refractivity contribution in [2.75, 3.05) is 4.90 Å². The lowest BCUT2D eigenvalue weighted by molar-refractivity contribution is -0.146. The minimum Gasteiger partial charge on any atom is -0.307 e. The Kier molecular flexibility index (Phi) is 4.14. The molecular formula is C18H13F4N5. The van der Waals surface area contributed by atoms with E-state index in [2.05, 4.69) is 15.3 Å². The van der Waals surface area contributed by atoms with E-state index < -0.39 is 12.0 Å². The Balaban J connectivity index is 1.76. The first kappa shape index (κ1) is 17.2. The van der Waals surface area contributed by atoms with Gasteiger partial charge in [-0.15, -0.1) is 15.3 Å². The van der Waals surface area contributed by atoms with Crippen LogP contribution in [0.4, 0.5) is 23.4 Å². The summed E-state index contributed by atoms with van der Waals surface area (Å²) in [5, 5.41) is 10.7. The number of halogens is 4. The Morgan fingerprint density at radius 1 is 0.963 bits per heavy atom. The molecule has 3 aromatic rings. The molecule has 3 heterocycles. The Morgan fingerprint density at radius 2 is 1.74 bits per heavy atom. The minimum atomic E-state index is -4.66. The van der Waals surface area contributed by atoms with Crippen molar-refractivity contribution in [1.29, 1.82) is 0 Å². The van der Waals surface area contributed by atoms with E-state index in [0.717, 1.165) is 17.6 Å². The zero-order valence-electron chi connectivity index (χ0n) is 13.9. The molecular weight excluding hydrogens is 362 g/mol. The SMILES string of the molecule is Fc1ccc(C2=CN(c3ccc4nnc(C(F)(F)F)n4n3)C=CCC2)cc1. The van der Waals surface area contributed by atoms with Crippen LogP contribution in [0.2, 0.25) is 0 Å². The van der Waals surface area contributed by atoms with Gasteiger partial charge < -0.3 is 4.90 Å². The highest BCUT2D eigenvalue weighted by Gasteiger charge is 2.37. The van der Waals surface area contributed by atoms with Crippen LogP contribution >= 0.6 is 0 Å². The van der Waals surface area contributed by atoms with Gasteiger partial charge in [-0.3, -0.25) is 0 Å².